The first-order valence-corrected chi connectivity index (χ1v) is 37.6. The minimum atomic E-state index is -4.94. The fourth-order valence-corrected chi connectivity index (χ4v) is 11.5. The Balaban J connectivity index is 5.10. The zero-order valence-corrected chi connectivity index (χ0v) is 56.5. The van der Waals surface area contributed by atoms with Crippen molar-refractivity contribution in [3.8, 4) is 0 Å². The first-order valence-electron chi connectivity index (χ1n) is 34.6. The fourth-order valence-electron chi connectivity index (χ4n) is 9.94. The number of carbonyl (C=O) groups is 4. The van der Waals surface area contributed by atoms with E-state index in [0.717, 1.165) is 109 Å². The van der Waals surface area contributed by atoms with Crippen LogP contribution in [0.2, 0.25) is 0 Å². The smallest absolute Gasteiger partial charge is 0.462 e. The molecule has 0 saturated heterocycles. The van der Waals surface area contributed by atoms with Gasteiger partial charge in [-0.05, 0) is 31.6 Å². The summed E-state index contributed by atoms with van der Waals surface area (Å²) in [6, 6.07) is 0. The largest absolute Gasteiger partial charge is 0.472 e. The van der Waals surface area contributed by atoms with Crippen LogP contribution >= 0.6 is 15.6 Å². The van der Waals surface area contributed by atoms with Gasteiger partial charge in [0, 0.05) is 25.7 Å². The Kier molecular flexibility index (Phi) is 58.3. The zero-order valence-electron chi connectivity index (χ0n) is 54.7. The Bertz CT molecular complexity index is 1650. The summed E-state index contributed by atoms with van der Waals surface area (Å²) < 4.78 is 67.9. The molecule has 0 rings (SSSR count). The van der Waals surface area contributed by atoms with E-state index < -0.39 is 97.5 Å². The maximum Gasteiger partial charge on any atom is 0.472 e. The normalized spacial score (nSPS) is 14.2. The van der Waals surface area contributed by atoms with Crippen LogP contribution in [0.4, 0.5) is 0 Å². The number of ether oxygens (including phenoxy) is 4. The van der Waals surface area contributed by atoms with Crippen molar-refractivity contribution in [2.24, 2.45) is 5.92 Å². The standard InChI is InChI=1S/C66H128O17P2/c1-6-9-12-15-18-20-21-22-23-24-25-26-27-28-29-30-32-35-42-47-52-66(71)83-62(56-77-64(69)50-45-40-37-36-38-43-48-59(4)5)58-81-85(74,75)79-54-60(67)53-78-84(72,73)80-57-61(55-76-63(68)49-44-39-33-17-14-11-8-3)82-65(70)51-46-41-34-31-19-16-13-10-7-2/h59-62,67H,6-58H2,1-5H3,(H,72,73)(H,74,75)/t60-,61+,62+/m0/s1. The van der Waals surface area contributed by atoms with Gasteiger partial charge in [0.25, 0.3) is 0 Å². The maximum absolute atomic E-state index is 13.0. The molecule has 0 aliphatic carbocycles. The number of phosphoric acid groups is 2. The quantitative estimate of drug-likeness (QED) is 0.0222. The van der Waals surface area contributed by atoms with Gasteiger partial charge >= 0.3 is 39.5 Å². The van der Waals surface area contributed by atoms with Gasteiger partial charge in [-0.15, -0.1) is 0 Å². The van der Waals surface area contributed by atoms with Crippen LogP contribution in [-0.2, 0) is 65.4 Å². The molecule has 0 spiro atoms. The van der Waals surface area contributed by atoms with E-state index in [1.54, 1.807) is 0 Å². The molecule has 0 amide bonds. The van der Waals surface area contributed by atoms with Gasteiger partial charge in [-0.1, -0.05) is 285 Å². The molecule has 2 unspecified atom stereocenters. The van der Waals surface area contributed by atoms with Crippen LogP contribution < -0.4 is 0 Å². The van der Waals surface area contributed by atoms with E-state index in [1.165, 1.54) is 141 Å². The van der Waals surface area contributed by atoms with E-state index in [4.69, 9.17) is 37.0 Å². The fraction of sp³-hybridized carbons (Fsp3) is 0.939. The van der Waals surface area contributed by atoms with Crippen molar-refractivity contribution in [2.75, 3.05) is 39.6 Å². The molecule has 0 aromatic rings. The highest BCUT2D eigenvalue weighted by Crippen LogP contribution is 2.45. The number of rotatable bonds is 66. The Labute approximate surface area is 517 Å². The number of hydrogen-bond acceptors (Lipinski definition) is 15. The summed E-state index contributed by atoms with van der Waals surface area (Å²) in [6.07, 6.45) is 44.9. The number of aliphatic hydroxyl groups excluding tert-OH is 1. The molecular formula is C66H128O17P2. The number of aliphatic hydroxyl groups is 1. The molecule has 17 nitrogen and oxygen atoms in total. The average Bonchev–Trinajstić information content (AvgIpc) is 3.60. The number of esters is 4. The Morgan fingerprint density at radius 1 is 0.318 bits per heavy atom. The summed E-state index contributed by atoms with van der Waals surface area (Å²) >= 11 is 0. The van der Waals surface area contributed by atoms with Crippen LogP contribution in [0.25, 0.3) is 0 Å². The predicted octanol–water partition coefficient (Wildman–Crippen LogP) is 18.6. The Hall–Kier alpha value is -1.94. The number of carbonyl (C=O) groups excluding carboxylic acids is 4. The second-order valence-electron chi connectivity index (χ2n) is 24.3. The molecule has 0 saturated carbocycles. The zero-order chi connectivity index (χ0) is 62.8. The number of unbranched alkanes of at least 4 members (excludes halogenated alkanes) is 38. The van der Waals surface area contributed by atoms with Gasteiger partial charge < -0.3 is 33.8 Å². The average molecular weight is 1260 g/mol. The molecule has 3 N–H and O–H groups in total. The highest BCUT2D eigenvalue weighted by atomic mass is 31.2. The Morgan fingerprint density at radius 2 is 0.541 bits per heavy atom. The summed E-state index contributed by atoms with van der Waals surface area (Å²) in [6.45, 7) is 7.07. The van der Waals surface area contributed by atoms with Crippen molar-refractivity contribution in [3.05, 3.63) is 0 Å². The van der Waals surface area contributed by atoms with E-state index in [2.05, 4.69) is 34.6 Å². The summed E-state index contributed by atoms with van der Waals surface area (Å²) in [4.78, 5) is 72.1. The summed E-state index contributed by atoms with van der Waals surface area (Å²) in [5, 5.41) is 10.5. The predicted molar refractivity (Wildman–Crippen MR) is 340 cm³/mol. The van der Waals surface area contributed by atoms with Crippen LogP contribution in [-0.4, -0.2) is 96.7 Å². The number of hydrogen-bond donors (Lipinski definition) is 3. The van der Waals surface area contributed by atoms with Crippen molar-refractivity contribution >= 4 is 39.5 Å². The SMILES string of the molecule is CCCCCCCCCCCCCCCCCCCCCCC(=O)O[C@H](COC(=O)CCCCCCCCC(C)C)COP(=O)(O)OC[C@@H](O)COP(=O)(O)OC[C@@H](COC(=O)CCCCCCCCC)OC(=O)CCCCCCCCCCC. The van der Waals surface area contributed by atoms with Crippen LogP contribution in [0.5, 0.6) is 0 Å². The first kappa shape index (κ1) is 83.1. The van der Waals surface area contributed by atoms with Crippen molar-refractivity contribution in [1.29, 1.82) is 0 Å². The Morgan fingerprint density at radius 3 is 0.800 bits per heavy atom. The molecular weight excluding hydrogens is 1130 g/mol. The molecule has 5 atom stereocenters. The molecule has 0 fully saturated rings. The highest BCUT2D eigenvalue weighted by molar-refractivity contribution is 7.47. The van der Waals surface area contributed by atoms with E-state index in [0.29, 0.717) is 31.6 Å². The molecule has 0 aromatic heterocycles. The highest BCUT2D eigenvalue weighted by Gasteiger charge is 2.30. The lowest BCUT2D eigenvalue weighted by atomic mass is 10.0. The maximum atomic E-state index is 13.0. The molecule has 85 heavy (non-hydrogen) atoms. The van der Waals surface area contributed by atoms with Gasteiger partial charge in [0.05, 0.1) is 26.4 Å². The summed E-state index contributed by atoms with van der Waals surface area (Å²) in [5.41, 5.74) is 0. The molecule has 0 bridgehead atoms. The third-order valence-electron chi connectivity index (χ3n) is 15.3. The number of phosphoric ester groups is 2. The van der Waals surface area contributed by atoms with E-state index in [1.807, 2.05) is 0 Å². The minimum Gasteiger partial charge on any atom is -0.462 e. The van der Waals surface area contributed by atoms with Crippen molar-refractivity contribution in [1.82, 2.24) is 0 Å². The van der Waals surface area contributed by atoms with Crippen molar-refractivity contribution < 1.29 is 80.2 Å². The van der Waals surface area contributed by atoms with Gasteiger partial charge in [-0.3, -0.25) is 37.3 Å². The second-order valence-corrected chi connectivity index (χ2v) is 27.2. The first-order chi connectivity index (χ1) is 41.0. The van der Waals surface area contributed by atoms with E-state index in [-0.39, 0.29) is 25.7 Å². The van der Waals surface area contributed by atoms with Gasteiger partial charge in [-0.2, -0.15) is 0 Å². The third-order valence-corrected chi connectivity index (χ3v) is 17.2. The molecule has 0 aromatic carbocycles. The molecule has 0 radical (unpaired) electrons. The molecule has 0 aliphatic rings. The van der Waals surface area contributed by atoms with Gasteiger partial charge in [-0.25, -0.2) is 9.13 Å². The molecule has 504 valence electrons. The summed E-state index contributed by atoms with van der Waals surface area (Å²) in [5.74, 6) is -1.46. The van der Waals surface area contributed by atoms with Crippen LogP contribution in [0.15, 0.2) is 0 Å². The third kappa shape index (κ3) is 60.7. The van der Waals surface area contributed by atoms with Crippen LogP contribution in [0, 0.1) is 5.92 Å². The van der Waals surface area contributed by atoms with Crippen molar-refractivity contribution in [2.45, 2.75) is 355 Å². The van der Waals surface area contributed by atoms with Gasteiger partial charge in [0.2, 0.25) is 0 Å². The van der Waals surface area contributed by atoms with Gasteiger partial charge in [0.1, 0.15) is 19.3 Å². The van der Waals surface area contributed by atoms with Crippen LogP contribution in [0.1, 0.15) is 336 Å². The lowest BCUT2D eigenvalue weighted by Gasteiger charge is -2.21. The van der Waals surface area contributed by atoms with E-state index in [9.17, 15) is 43.2 Å². The van der Waals surface area contributed by atoms with Crippen molar-refractivity contribution in [3.63, 3.8) is 0 Å². The topological polar surface area (TPSA) is 237 Å². The second kappa shape index (κ2) is 59.7. The molecule has 0 heterocycles. The monoisotopic (exact) mass is 1250 g/mol. The minimum absolute atomic E-state index is 0.105. The molecule has 0 aliphatic heterocycles. The van der Waals surface area contributed by atoms with Gasteiger partial charge in [0.15, 0.2) is 12.2 Å². The lowest BCUT2D eigenvalue weighted by Crippen LogP contribution is -2.30. The lowest BCUT2D eigenvalue weighted by molar-refractivity contribution is -0.161. The van der Waals surface area contributed by atoms with E-state index >= 15 is 0 Å². The van der Waals surface area contributed by atoms with Crippen LogP contribution in [0.3, 0.4) is 0 Å². The molecule has 19 heteroatoms. The summed E-state index contributed by atoms with van der Waals surface area (Å²) in [7, 11) is -9.88.